The number of aryl methyl sites for hydroxylation is 1. The molecule has 0 spiro atoms. The van der Waals surface area contributed by atoms with E-state index in [-0.39, 0.29) is 24.4 Å². The topological polar surface area (TPSA) is 73.6 Å². The lowest BCUT2D eigenvalue weighted by atomic mass is 10.1. The number of hydrogen-bond donors (Lipinski definition) is 2. The van der Waals surface area contributed by atoms with Crippen LogP contribution in [-0.4, -0.2) is 18.6 Å². The Hall–Kier alpha value is -2.40. The smallest absolute Gasteiger partial charge is 0.256 e. The molecule has 5 nitrogen and oxygen atoms in total. The van der Waals surface area contributed by atoms with Gasteiger partial charge in [-0.3, -0.25) is 4.79 Å². The van der Waals surface area contributed by atoms with Crippen molar-refractivity contribution in [3.63, 3.8) is 0 Å². The fourth-order valence-corrected chi connectivity index (χ4v) is 2.89. The summed E-state index contributed by atoms with van der Waals surface area (Å²) in [6, 6.07) is 9.08. The van der Waals surface area contributed by atoms with Gasteiger partial charge in [0.2, 0.25) is 0 Å². The maximum absolute atomic E-state index is 12.6. The predicted molar refractivity (Wildman–Crippen MR) is 102 cm³/mol. The molecule has 0 aromatic heterocycles. The molecule has 0 fully saturated rings. The second-order valence-electron chi connectivity index (χ2n) is 6.05. The number of ether oxygens (including phenoxy) is 2. The van der Waals surface area contributed by atoms with E-state index in [0.717, 1.165) is 23.3 Å². The van der Waals surface area contributed by atoms with Crippen molar-refractivity contribution < 1.29 is 14.3 Å². The van der Waals surface area contributed by atoms with Crippen molar-refractivity contribution in [2.24, 2.45) is 0 Å². The van der Waals surface area contributed by atoms with Crippen LogP contribution in [0.5, 0.6) is 11.5 Å². The average Bonchev–Trinajstić information content (AvgIpc) is 2.89. The first-order chi connectivity index (χ1) is 11.5. The first-order valence-electron chi connectivity index (χ1n) is 8.11. The van der Waals surface area contributed by atoms with Gasteiger partial charge in [-0.2, -0.15) is 0 Å². The monoisotopic (exact) mass is 362 g/mol. The summed E-state index contributed by atoms with van der Waals surface area (Å²) in [5.74, 6) is 1.24. The van der Waals surface area contributed by atoms with Gasteiger partial charge in [0.25, 0.3) is 5.91 Å². The molecule has 1 aliphatic rings. The average molecular weight is 363 g/mol. The zero-order valence-corrected chi connectivity index (χ0v) is 15.4. The number of amides is 1. The molecule has 0 saturated heterocycles. The van der Waals surface area contributed by atoms with Crippen molar-refractivity contribution in [2.75, 3.05) is 17.7 Å². The molecule has 1 atom stereocenters. The minimum absolute atomic E-state index is 0. The molecule has 1 aliphatic heterocycles. The molecule has 0 radical (unpaired) electrons. The van der Waals surface area contributed by atoms with Gasteiger partial charge in [0.1, 0.15) is 17.6 Å². The number of nitrogens with two attached hydrogens (primary N) is 1. The van der Waals surface area contributed by atoms with Gasteiger partial charge in [-0.05, 0) is 44.5 Å². The minimum atomic E-state index is -0.216. The van der Waals surface area contributed by atoms with Gasteiger partial charge in [-0.15, -0.1) is 12.4 Å². The van der Waals surface area contributed by atoms with Crippen molar-refractivity contribution >= 4 is 29.7 Å². The van der Waals surface area contributed by atoms with Crippen molar-refractivity contribution in [1.82, 2.24) is 0 Å². The van der Waals surface area contributed by atoms with Gasteiger partial charge in [0.05, 0.1) is 12.3 Å². The maximum Gasteiger partial charge on any atom is 0.256 e. The molecule has 1 heterocycles. The number of halogens is 1. The van der Waals surface area contributed by atoms with Crippen molar-refractivity contribution in [2.45, 2.75) is 33.3 Å². The highest BCUT2D eigenvalue weighted by atomic mass is 35.5. The van der Waals surface area contributed by atoms with Crippen LogP contribution in [0.4, 0.5) is 11.4 Å². The number of rotatable bonds is 4. The van der Waals surface area contributed by atoms with Crippen LogP contribution >= 0.6 is 12.4 Å². The summed E-state index contributed by atoms with van der Waals surface area (Å²) in [5.41, 5.74) is 9.48. The van der Waals surface area contributed by atoms with Crippen LogP contribution < -0.4 is 20.5 Å². The zero-order valence-electron chi connectivity index (χ0n) is 14.6. The minimum Gasteiger partial charge on any atom is -0.492 e. The molecule has 0 saturated carbocycles. The van der Waals surface area contributed by atoms with Gasteiger partial charge < -0.3 is 20.5 Å². The molecule has 25 heavy (non-hydrogen) atoms. The molecule has 0 aliphatic carbocycles. The van der Waals surface area contributed by atoms with E-state index in [1.165, 1.54) is 0 Å². The highest BCUT2D eigenvalue weighted by molar-refractivity contribution is 6.06. The molecular formula is C19H23ClN2O3. The molecule has 1 unspecified atom stereocenters. The standard InChI is InChI=1S/C19H22N2O3.ClH/c1-4-23-18-8-13-7-12(3)24-17(13)10-16(18)21-19(22)15-9-14(20)6-5-11(15)2;/h5-6,8-10,12H,4,7,20H2,1-3H3,(H,21,22);1H. The number of fused-ring (bicyclic) bond motifs is 1. The Kier molecular flexibility index (Phi) is 5.80. The Morgan fingerprint density at radius 2 is 2.12 bits per heavy atom. The van der Waals surface area contributed by atoms with E-state index in [2.05, 4.69) is 5.32 Å². The summed E-state index contributed by atoms with van der Waals surface area (Å²) >= 11 is 0. The summed E-state index contributed by atoms with van der Waals surface area (Å²) in [5, 5.41) is 2.92. The second kappa shape index (κ2) is 7.66. The molecular weight excluding hydrogens is 340 g/mol. The van der Waals surface area contributed by atoms with Crippen LogP contribution in [0.1, 0.15) is 35.3 Å². The van der Waals surface area contributed by atoms with Gasteiger partial charge in [-0.1, -0.05) is 6.07 Å². The third-order valence-corrected chi connectivity index (χ3v) is 4.05. The van der Waals surface area contributed by atoms with Crippen molar-refractivity contribution in [3.8, 4) is 11.5 Å². The number of nitrogens with one attached hydrogen (secondary N) is 1. The number of anilines is 2. The predicted octanol–water partition coefficient (Wildman–Crippen LogP) is 3.97. The summed E-state index contributed by atoms with van der Waals surface area (Å²) < 4.78 is 11.5. The Morgan fingerprint density at radius 3 is 2.84 bits per heavy atom. The Balaban J connectivity index is 0.00000225. The lowest BCUT2D eigenvalue weighted by Gasteiger charge is -2.14. The van der Waals surface area contributed by atoms with Crippen molar-refractivity contribution in [1.29, 1.82) is 0 Å². The fraction of sp³-hybridized carbons (Fsp3) is 0.316. The van der Waals surface area contributed by atoms with Gasteiger partial charge in [-0.25, -0.2) is 0 Å². The summed E-state index contributed by atoms with van der Waals surface area (Å²) in [7, 11) is 0. The van der Waals surface area contributed by atoms with Crippen LogP contribution in [0.3, 0.4) is 0 Å². The Morgan fingerprint density at radius 1 is 1.36 bits per heavy atom. The first-order valence-corrected chi connectivity index (χ1v) is 8.11. The molecule has 2 aromatic rings. The van der Waals surface area contributed by atoms with E-state index in [1.54, 1.807) is 12.1 Å². The van der Waals surface area contributed by atoms with Gasteiger partial charge >= 0.3 is 0 Å². The SMILES string of the molecule is CCOc1cc2c(cc1NC(=O)c1cc(N)ccc1C)OC(C)C2.Cl. The molecule has 3 N–H and O–H groups in total. The fourth-order valence-electron chi connectivity index (χ4n) is 2.89. The lowest BCUT2D eigenvalue weighted by Crippen LogP contribution is -2.15. The van der Waals surface area contributed by atoms with Crippen LogP contribution in [0, 0.1) is 6.92 Å². The summed E-state index contributed by atoms with van der Waals surface area (Å²) in [6.45, 7) is 6.34. The van der Waals surface area contributed by atoms with Crippen LogP contribution in [0.2, 0.25) is 0 Å². The molecule has 0 bridgehead atoms. The number of hydrogen-bond acceptors (Lipinski definition) is 4. The van der Waals surface area contributed by atoms with E-state index in [1.807, 2.05) is 39.0 Å². The first kappa shape index (κ1) is 18.9. The van der Waals surface area contributed by atoms with Crippen LogP contribution in [0.15, 0.2) is 30.3 Å². The van der Waals surface area contributed by atoms with E-state index >= 15 is 0 Å². The zero-order chi connectivity index (χ0) is 17.3. The highest BCUT2D eigenvalue weighted by Gasteiger charge is 2.23. The third kappa shape index (κ3) is 3.99. The van der Waals surface area contributed by atoms with E-state index in [0.29, 0.717) is 29.3 Å². The maximum atomic E-state index is 12.6. The molecule has 1 amide bonds. The normalized spacial score (nSPS) is 14.9. The molecule has 2 aromatic carbocycles. The highest BCUT2D eigenvalue weighted by Crippen LogP contribution is 2.38. The van der Waals surface area contributed by atoms with Crippen LogP contribution in [0.25, 0.3) is 0 Å². The van der Waals surface area contributed by atoms with Crippen molar-refractivity contribution in [3.05, 3.63) is 47.0 Å². The number of carbonyl (C=O) groups is 1. The number of carbonyl (C=O) groups excluding carboxylic acids is 1. The Bertz CT molecular complexity index is 792. The number of nitrogen functional groups attached to an aromatic ring is 1. The van der Waals surface area contributed by atoms with Gasteiger partial charge in [0.15, 0.2) is 0 Å². The lowest BCUT2D eigenvalue weighted by molar-refractivity contribution is 0.102. The van der Waals surface area contributed by atoms with E-state index < -0.39 is 0 Å². The molecule has 134 valence electrons. The van der Waals surface area contributed by atoms with Gasteiger partial charge in [0, 0.05) is 29.3 Å². The third-order valence-electron chi connectivity index (χ3n) is 4.05. The molecule has 6 heteroatoms. The quantitative estimate of drug-likeness (QED) is 0.807. The second-order valence-corrected chi connectivity index (χ2v) is 6.05. The van der Waals surface area contributed by atoms with Crippen LogP contribution in [-0.2, 0) is 6.42 Å². The van der Waals surface area contributed by atoms with E-state index in [9.17, 15) is 4.79 Å². The largest absolute Gasteiger partial charge is 0.492 e. The Labute approximate surface area is 153 Å². The number of benzene rings is 2. The summed E-state index contributed by atoms with van der Waals surface area (Å²) in [4.78, 5) is 12.6. The molecule has 3 rings (SSSR count). The summed E-state index contributed by atoms with van der Waals surface area (Å²) in [6.07, 6.45) is 0.981. The van der Waals surface area contributed by atoms with E-state index in [4.69, 9.17) is 15.2 Å².